The van der Waals surface area contributed by atoms with Crippen molar-refractivity contribution < 1.29 is 19.5 Å². The van der Waals surface area contributed by atoms with Crippen LogP contribution in [0.4, 0.5) is 0 Å². The molecule has 21 heavy (non-hydrogen) atoms. The van der Waals surface area contributed by atoms with E-state index in [2.05, 4.69) is 24.6 Å². The Labute approximate surface area is 125 Å². The van der Waals surface area contributed by atoms with Crippen LogP contribution in [0.1, 0.15) is 46.0 Å². The van der Waals surface area contributed by atoms with Gasteiger partial charge in [0.25, 0.3) is 0 Å². The van der Waals surface area contributed by atoms with Gasteiger partial charge in [-0.1, -0.05) is 6.42 Å². The number of hydrogen-bond acceptors (Lipinski definition) is 5. The molecular weight excluding hydrogens is 272 g/mol. The number of ether oxygens (including phenoxy) is 1. The summed E-state index contributed by atoms with van der Waals surface area (Å²) in [5.41, 5.74) is 3.09. The summed E-state index contributed by atoms with van der Waals surface area (Å²) in [6.45, 7) is 4.18. The molecule has 2 saturated heterocycles. The first kappa shape index (κ1) is 15.2. The molecule has 3 fully saturated rings. The summed E-state index contributed by atoms with van der Waals surface area (Å²) >= 11 is 0. The van der Waals surface area contributed by atoms with E-state index in [1.165, 1.54) is 0 Å². The second-order valence-electron chi connectivity index (χ2n) is 6.81. The SMILES string of the molecule is CC1CC(C2NC(C3CCCC(C(=O)O)C3)NO2)C(C)O1. The third kappa shape index (κ3) is 3.23. The van der Waals surface area contributed by atoms with Crippen molar-refractivity contribution in [2.45, 2.75) is 70.6 Å². The number of rotatable bonds is 3. The fourth-order valence-corrected chi connectivity index (χ4v) is 4.06. The van der Waals surface area contributed by atoms with Crippen LogP contribution in [0.15, 0.2) is 0 Å². The predicted octanol–water partition coefficient (Wildman–Crippen LogP) is 1.47. The summed E-state index contributed by atoms with van der Waals surface area (Å²) < 4.78 is 5.79. The molecule has 3 aliphatic rings. The molecule has 0 amide bonds. The van der Waals surface area contributed by atoms with E-state index in [0.29, 0.717) is 11.8 Å². The second kappa shape index (κ2) is 6.20. The van der Waals surface area contributed by atoms with Gasteiger partial charge in [-0.2, -0.15) is 5.48 Å². The maximum absolute atomic E-state index is 11.2. The molecule has 3 rings (SSSR count). The zero-order valence-electron chi connectivity index (χ0n) is 12.7. The van der Waals surface area contributed by atoms with Gasteiger partial charge in [0.05, 0.1) is 24.3 Å². The Morgan fingerprint density at radius 2 is 2.05 bits per heavy atom. The minimum atomic E-state index is -0.665. The van der Waals surface area contributed by atoms with Crippen LogP contribution in [-0.2, 0) is 14.4 Å². The van der Waals surface area contributed by atoms with E-state index in [1.807, 2.05) is 0 Å². The van der Waals surface area contributed by atoms with Gasteiger partial charge in [-0.05, 0) is 45.4 Å². The van der Waals surface area contributed by atoms with Crippen LogP contribution < -0.4 is 10.8 Å². The molecule has 3 N–H and O–H groups in total. The van der Waals surface area contributed by atoms with Crippen LogP contribution in [0.2, 0.25) is 0 Å². The normalized spacial score (nSPS) is 47.6. The average molecular weight is 298 g/mol. The monoisotopic (exact) mass is 298 g/mol. The molecule has 120 valence electrons. The predicted molar refractivity (Wildman–Crippen MR) is 76.1 cm³/mol. The molecule has 2 aliphatic heterocycles. The zero-order chi connectivity index (χ0) is 15.0. The van der Waals surface area contributed by atoms with E-state index in [9.17, 15) is 9.90 Å². The second-order valence-corrected chi connectivity index (χ2v) is 6.81. The average Bonchev–Trinajstić information content (AvgIpc) is 3.05. The van der Waals surface area contributed by atoms with Gasteiger partial charge in [0.2, 0.25) is 0 Å². The van der Waals surface area contributed by atoms with E-state index < -0.39 is 5.97 Å². The highest BCUT2D eigenvalue weighted by molar-refractivity contribution is 5.70. The van der Waals surface area contributed by atoms with Crippen LogP contribution in [0.5, 0.6) is 0 Å². The molecule has 0 radical (unpaired) electrons. The summed E-state index contributed by atoms with van der Waals surface area (Å²) in [7, 11) is 0. The largest absolute Gasteiger partial charge is 0.481 e. The summed E-state index contributed by atoms with van der Waals surface area (Å²) in [6.07, 6.45) is 5.04. The zero-order valence-corrected chi connectivity index (χ0v) is 12.7. The van der Waals surface area contributed by atoms with E-state index in [-0.39, 0.29) is 30.5 Å². The standard InChI is InChI=1S/C15H26N2O4/c1-8-6-12(9(2)20-8)14-16-13(17-21-14)10-4-3-5-11(7-10)15(18)19/h8-14,16-17H,3-7H2,1-2H3,(H,18,19). The molecule has 0 spiro atoms. The molecule has 1 aliphatic carbocycles. The summed E-state index contributed by atoms with van der Waals surface area (Å²) in [4.78, 5) is 16.9. The van der Waals surface area contributed by atoms with Gasteiger partial charge in [-0.15, -0.1) is 0 Å². The van der Waals surface area contributed by atoms with Gasteiger partial charge < -0.3 is 9.84 Å². The molecule has 0 aromatic heterocycles. The number of hydrogen-bond donors (Lipinski definition) is 3. The van der Waals surface area contributed by atoms with Crippen molar-refractivity contribution in [1.82, 2.24) is 10.8 Å². The Hall–Kier alpha value is -0.690. The maximum Gasteiger partial charge on any atom is 0.306 e. The molecule has 0 bridgehead atoms. The first-order valence-corrected chi connectivity index (χ1v) is 8.10. The van der Waals surface area contributed by atoms with Gasteiger partial charge >= 0.3 is 5.97 Å². The minimum Gasteiger partial charge on any atom is -0.481 e. The van der Waals surface area contributed by atoms with Crippen molar-refractivity contribution in [3.05, 3.63) is 0 Å². The molecule has 7 unspecified atom stereocenters. The minimum absolute atomic E-state index is 0.0415. The number of carboxylic acids is 1. The third-order valence-corrected chi connectivity index (χ3v) is 5.24. The van der Waals surface area contributed by atoms with E-state index in [0.717, 1.165) is 32.1 Å². The fraction of sp³-hybridized carbons (Fsp3) is 0.933. The van der Waals surface area contributed by atoms with Crippen molar-refractivity contribution in [2.75, 3.05) is 0 Å². The van der Waals surface area contributed by atoms with Gasteiger partial charge in [-0.25, -0.2) is 0 Å². The lowest BCUT2D eigenvalue weighted by Crippen LogP contribution is -2.45. The van der Waals surface area contributed by atoms with Crippen molar-refractivity contribution >= 4 is 5.97 Å². The Kier molecular flexibility index (Phi) is 4.49. The quantitative estimate of drug-likeness (QED) is 0.732. The lowest BCUT2D eigenvalue weighted by Gasteiger charge is -2.30. The summed E-state index contributed by atoms with van der Waals surface area (Å²) in [6, 6.07) is 0. The van der Waals surface area contributed by atoms with Gasteiger partial charge in [0, 0.05) is 5.92 Å². The van der Waals surface area contributed by atoms with Gasteiger partial charge in [-0.3, -0.25) is 14.9 Å². The molecule has 0 aromatic carbocycles. The maximum atomic E-state index is 11.2. The van der Waals surface area contributed by atoms with Crippen LogP contribution in [0.25, 0.3) is 0 Å². The molecule has 6 nitrogen and oxygen atoms in total. The van der Waals surface area contributed by atoms with Crippen LogP contribution >= 0.6 is 0 Å². The summed E-state index contributed by atoms with van der Waals surface area (Å²) in [5.74, 6) is -0.210. The lowest BCUT2D eigenvalue weighted by molar-refractivity contribution is -0.143. The first-order valence-electron chi connectivity index (χ1n) is 8.10. The summed E-state index contributed by atoms with van der Waals surface area (Å²) in [5, 5.41) is 12.7. The highest BCUT2D eigenvalue weighted by Crippen LogP contribution is 2.35. The molecular formula is C15H26N2O4. The molecule has 7 atom stereocenters. The van der Waals surface area contributed by atoms with Crippen LogP contribution in [0.3, 0.4) is 0 Å². The number of carboxylic acid groups (broad SMARTS) is 1. The van der Waals surface area contributed by atoms with E-state index in [4.69, 9.17) is 9.57 Å². The van der Waals surface area contributed by atoms with Crippen LogP contribution in [0, 0.1) is 17.8 Å². The molecule has 2 heterocycles. The number of carbonyl (C=O) groups is 1. The Balaban J connectivity index is 1.55. The molecule has 1 saturated carbocycles. The Morgan fingerprint density at radius 3 is 2.71 bits per heavy atom. The fourth-order valence-electron chi connectivity index (χ4n) is 4.06. The first-order chi connectivity index (χ1) is 10.0. The number of nitrogens with one attached hydrogen (secondary N) is 2. The smallest absolute Gasteiger partial charge is 0.306 e. The number of aliphatic carboxylic acids is 1. The van der Waals surface area contributed by atoms with Crippen molar-refractivity contribution in [3.8, 4) is 0 Å². The highest BCUT2D eigenvalue weighted by Gasteiger charge is 2.43. The van der Waals surface area contributed by atoms with Crippen molar-refractivity contribution in [3.63, 3.8) is 0 Å². The highest BCUT2D eigenvalue weighted by atomic mass is 16.7. The molecule has 6 heteroatoms. The lowest BCUT2D eigenvalue weighted by atomic mass is 9.80. The third-order valence-electron chi connectivity index (χ3n) is 5.24. The Morgan fingerprint density at radius 1 is 1.24 bits per heavy atom. The van der Waals surface area contributed by atoms with Gasteiger partial charge in [0.15, 0.2) is 0 Å². The topological polar surface area (TPSA) is 79.8 Å². The van der Waals surface area contributed by atoms with Crippen molar-refractivity contribution in [2.24, 2.45) is 17.8 Å². The van der Waals surface area contributed by atoms with E-state index in [1.54, 1.807) is 0 Å². The van der Waals surface area contributed by atoms with Crippen molar-refractivity contribution in [1.29, 1.82) is 0 Å². The number of hydroxylamine groups is 1. The van der Waals surface area contributed by atoms with E-state index >= 15 is 0 Å². The van der Waals surface area contributed by atoms with Gasteiger partial charge in [0.1, 0.15) is 6.23 Å². The molecule has 0 aromatic rings. The van der Waals surface area contributed by atoms with Crippen LogP contribution in [-0.4, -0.2) is 35.7 Å². The Bertz CT molecular complexity index is 392.